The summed E-state index contributed by atoms with van der Waals surface area (Å²) in [5.41, 5.74) is 1.15. The molecule has 5 heteroatoms. The van der Waals surface area contributed by atoms with Gasteiger partial charge in [0.25, 0.3) is 5.92 Å². The number of halogens is 3. The zero-order valence-electron chi connectivity index (χ0n) is 10.3. The van der Waals surface area contributed by atoms with E-state index in [1.165, 1.54) is 0 Å². The Hall–Kier alpha value is -0.480. The standard InChI is InChI=1S/C13H15ClF2OS/c1-8(2)9-3-4-11(12(5-9)18-14)17-7-10-6-13(10,15)16/h3-5,8,10H,6-7H2,1-2H3. The Morgan fingerprint density at radius 2 is 2.17 bits per heavy atom. The van der Waals surface area contributed by atoms with Gasteiger partial charge < -0.3 is 4.74 Å². The van der Waals surface area contributed by atoms with E-state index >= 15 is 0 Å². The first-order valence-corrected chi connectivity index (χ1v) is 7.51. The first-order chi connectivity index (χ1) is 8.44. The molecule has 0 heterocycles. The Bertz CT molecular complexity index is 437. The van der Waals surface area contributed by atoms with Crippen molar-refractivity contribution in [2.24, 2.45) is 5.92 Å². The van der Waals surface area contributed by atoms with Crippen LogP contribution in [0.5, 0.6) is 5.75 Å². The summed E-state index contributed by atoms with van der Waals surface area (Å²) in [4.78, 5) is 0.784. The minimum absolute atomic E-state index is 0.0540. The zero-order chi connectivity index (χ0) is 13.3. The number of alkyl halides is 2. The molecule has 1 aliphatic rings. The van der Waals surface area contributed by atoms with Gasteiger partial charge in [-0.25, -0.2) is 8.78 Å². The summed E-state index contributed by atoms with van der Waals surface area (Å²) in [7, 11) is 6.84. The number of hydrogen-bond donors (Lipinski definition) is 0. The van der Waals surface area contributed by atoms with E-state index in [1.54, 1.807) is 6.07 Å². The molecule has 1 fully saturated rings. The maximum absolute atomic E-state index is 12.7. The van der Waals surface area contributed by atoms with E-state index in [4.69, 9.17) is 15.4 Å². The highest BCUT2D eigenvalue weighted by Gasteiger charge is 2.57. The summed E-state index contributed by atoms with van der Waals surface area (Å²) in [6.45, 7) is 4.23. The molecule has 1 aromatic carbocycles. The lowest BCUT2D eigenvalue weighted by Crippen LogP contribution is -2.06. The van der Waals surface area contributed by atoms with Crippen molar-refractivity contribution in [3.63, 3.8) is 0 Å². The van der Waals surface area contributed by atoms with Crippen LogP contribution in [0, 0.1) is 5.92 Å². The molecule has 0 aliphatic heterocycles. The van der Waals surface area contributed by atoms with Gasteiger partial charge in [-0.05, 0) is 45.3 Å². The van der Waals surface area contributed by atoms with Crippen molar-refractivity contribution in [1.82, 2.24) is 0 Å². The molecule has 0 amide bonds. The second-order valence-corrected chi connectivity index (χ2v) is 5.97. The van der Waals surface area contributed by atoms with Gasteiger partial charge in [0.15, 0.2) is 0 Å². The summed E-state index contributed by atoms with van der Waals surface area (Å²) < 4.78 is 30.9. The third-order valence-corrected chi connectivity index (χ3v) is 4.10. The van der Waals surface area contributed by atoms with Crippen LogP contribution < -0.4 is 4.74 Å². The Morgan fingerprint density at radius 3 is 2.67 bits per heavy atom. The van der Waals surface area contributed by atoms with Crippen molar-refractivity contribution >= 4 is 21.7 Å². The van der Waals surface area contributed by atoms with Gasteiger partial charge in [0.2, 0.25) is 0 Å². The van der Waals surface area contributed by atoms with Gasteiger partial charge in [-0.2, -0.15) is 0 Å². The van der Waals surface area contributed by atoms with Crippen molar-refractivity contribution in [1.29, 1.82) is 0 Å². The predicted molar refractivity (Wildman–Crippen MR) is 70.8 cm³/mol. The van der Waals surface area contributed by atoms with E-state index in [9.17, 15) is 8.78 Å². The fourth-order valence-electron chi connectivity index (χ4n) is 1.70. The molecule has 2 rings (SSSR count). The third-order valence-electron chi connectivity index (χ3n) is 3.11. The molecule has 1 aromatic rings. The summed E-state index contributed by atoms with van der Waals surface area (Å²) in [5, 5.41) is 0. The molecule has 18 heavy (non-hydrogen) atoms. The smallest absolute Gasteiger partial charge is 0.255 e. The van der Waals surface area contributed by atoms with Crippen LogP contribution in [0.15, 0.2) is 23.1 Å². The van der Waals surface area contributed by atoms with Gasteiger partial charge in [-0.1, -0.05) is 19.9 Å². The molecule has 0 bridgehead atoms. The second kappa shape index (κ2) is 5.25. The van der Waals surface area contributed by atoms with E-state index in [0.29, 0.717) is 11.7 Å². The molecular weight excluding hydrogens is 278 g/mol. The third kappa shape index (κ3) is 3.09. The van der Waals surface area contributed by atoms with E-state index in [2.05, 4.69) is 13.8 Å². The lowest BCUT2D eigenvalue weighted by molar-refractivity contribution is 0.0852. The number of ether oxygens (including phenoxy) is 1. The van der Waals surface area contributed by atoms with Gasteiger partial charge in [-0.15, -0.1) is 0 Å². The normalized spacial score (nSPS) is 21.1. The summed E-state index contributed by atoms with van der Waals surface area (Å²) in [6.07, 6.45) is -0.0690. The largest absolute Gasteiger partial charge is 0.492 e. The molecule has 0 spiro atoms. The molecule has 1 saturated carbocycles. The summed E-state index contributed by atoms with van der Waals surface area (Å²) in [6, 6.07) is 5.70. The zero-order valence-corrected chi connectivity index (χ0v) is 11.8. The highest BCUT2D eigenvalue weighted by molar-refractivity contribution is 8.21. The number of hydrogen-bond acceptors (Lipinski definition) is 2. The van der Waals surface area contributed by atoms with E-state index in [1.807, 2.05) is 12.1 Å². The van der Waals surface area contributed by atoms with Gasteiger partial charge >= 0.3 is 0 Å². The van der Waals surface area contributed by atoms with Crippen LogP contribution in [0.2, 0.25) is 0 Å². The fourth-order valence-corrected chi connectivity index (χ4v) is 2.45. The van der Waals surface area contributed by atoms with E-state index in [0.717, 1.165) is 21.4 Å². The monoisotopic (exact) mass is 292 g/mol. The lowest BCUT2D eigenvalue weighted by Gasteiger charge is -2.12. The van der Waals surface area contributed by atoms with E-state index < -0.39 is 11.8 Å². The SMILES string of the molecule is CC(C)c1ccc(OCC2CC2(F)F)c(SCl)c1. The van der Waals surface area contributed by atoms with Gasteiger partial charge in [0.05, 0.1) is 17.4 Å². The second-order valence-electron chi connectivity index (χ2n) is 4.91. The molecule has 100 valence electrons. The van der Waals surface area contributed by atoms with Crippen molar-refractivity contribution in [2.45, 2.75) is 37.0 Å². The molecule has 1 nitrogen and oxygen atoms in total. The highest BCUT2D eigenvalue weighted by Crippen LogP contribution is 2.49. The molecule has 1 aliphatic carbocycles. The minimum atomic E-state index is -2.54. The average Bonchev–Trinajstić information content (AvgIpc) is 2.94. The van der Waals surface area contributed by atoms with Crippen molar-refractivity contribution in [3.8, 4) is 5.75 Å². The number of benzene rings is 1. The Labute approximate surface area is 114 Å². The quantitative estimate of drug-likeness (QED) is 0.747. The molecule has 0 N–H and O–H groups in total. The molecular formula is C13H15ClF2OS. The molecule has 0 radical (unpaired) electrons. The Morgan fingerprint density at radius 1 is 1.50 bits per heavy atom. The van der Waals surface area contributed by atoms with Crippen LogP contribution in [-0.2, 0) is 0 Å². The fraction of sp³-hybridized carbons (Fsp3) is 0.538. The average molecular weight is 293 g/mol. The summed E-state index contributed by atoms with van der Waals surface area (Å²) >= 11 is 0. The van der Waals surface area contributed by atoms with Crippen molar-refractivity contribution < 1.29 is 13.5 Å². The van der Waals surface area contributed by atoms with Crippen LogP contribution >= 0.6 is 21.7 Å². The van der Waals surface area contributed by atoms with Gasteiger partial charge in [0, 0.05) is 6.42 Å². The Balaban J connectivity index is 2.03. The maximum Gasteiger partial charge on any atom is 0.255 e. The van der Waals surface area contributed by atoms with Crippen LogP contribution in [0.4, 0.5) is 8.78 Å². The lowest BCUT2D eigenvalue weighted by atomic mass is 10.0. The maximum atomic E-state index is 12.7. The van der Waals surface area contributed by atoms with Crippen LogP contribution in [0.1, 0.15) is 31.7 Å². The van der Waals surface area contributed by atoms with Gasteiger partial charge in [-0.3, -0.25) is 0 Å². The predicted octanol–water partition coefficient (Wildman–Crippen LogP) is 5.09. The van der Waals surface area contributed by atoms with Crippen molar-refractivity contribution in [3.05, 3.63) is 23.8 Å². The summed E-state index contributed by atoms with van der Waals surface area (Å²) in [5.74, 6) is -2.20. The van der Waals surface area contributed by atoms with Crippen molar-refractivity contribution in [2.75, 3.05) is 6.61 Å². The van der Waals surface area contributed by atoms with E-state index in [-0.39, 0.29) is 13.0 Å². The molecule has 1 unspecified atom stereocenters. The first kappa shape index (κ1) is 13.9. The number of rotatable bonds is 5. The molecule has 1 atom stereocenters. The van der Waals surface area contributed by atoms with Gasteiger partial charge in [0.1, 0.15) is 5.75 Å². The highest BCUT2D eigenvalue weighted by atomic mass is 35.7. The Kier molecular flexibility index (Phi) is 4.07. The van der Waals surface area contributed by atoms with Crippen LogP contribution in [0.3, 0.4) is 0 Å². The van der Waals surface area contributed by atoms with Crippen LogP contribution in [-0.4, -0.2) is 12.5 Å². The molecule has 0 aromatic heterocycles. The molecule has 0 saturated heterocycles. The topological polar surface area (TPSA) is 9.23 Å². The van der Waals surface area contributed by atoms with Crippen LogP contribution in [0.25, 0.3) is 0 Å². The minimum Gasteiger partial charge on any atom is -0.492 e. The first-order valence-electron chi connectivity index (χ1n) is 5.87.